The van der Waals surface area contributed by atoms with Crippen LogP contribution in [0, 0.1) is 0 Å². The zero-order valence-corrected chi connectivity index (χ0v) is 22.8. The normalized spacial score (nSPS) is 15.8. The predicted octanol–water partition coefficient (Wildman–Crippen LogP) is 4.56. The van der Waals surface area contributed by atoms with Crippen LogP contribution in [0.15, 0.2) is 41.3 Å². The highest BCUT2D eigenvalue weighted by atomic mass is 35.5. The lowest BCUT2D eigenvalue weighted by Gasteiger charge is -2.28. The van der Waals surface area contributed by atoms with Crippen LogP contribution in [0.4, 0.5) is 0 Å². The van der Waals surface area contributed by atoms with E-state index in [4.69, 9.17) is 21.1 Å². The second-order valence-electron chi connectivity index (χ2n) is 10.1. The number of esters is 2. The van der Waals surface area contributed by atoms with E-state index in [0.29, 0.717) is 37.1 Å². The smallest absolute Gasteiger partial charge is 0.306 e. The minimum absolute atomic E-state index is 0.169. The Kier molecular flexibility index (Phi) is 9.19. The van der Waals surface area contributed by atoms with Crippen molar-refractivity contribution in [2.24, 2.45) is 0 Å². The van der Waals surface area contributed by atoms with Gasteiger partial charge in [0.2, 0.25) is 10.0 Å². The maximum absolute atomic E-state index is 12.9. The van der Waals surface area contributed by atoms with Gasteiger partial charge in [-0.05, 0) is 99.4 Å². The van der Waals surface area contributed by atoms with Gasteiger partial charge in [0.25, 0.3) is 0 Å². The number of aryl methyl sites for hydroxylation is 2. The number of sulfonamides is 1. The molecule has 0 spiro atoms. The van der Waals surface area contributed by atoms with Crippen molar-refractivity contribution in [3.63, 3.8) is 0 Å². The van der Waals surface area contributed by atoms with Gasteiger partial charge in [-0.2, -0.15) is 0 Å². The van der Waals surface area contributed by atoms with E-state index >= 15 is 0 Å². The summed E-state index contributed by atoms with van der Waals surface area (Å²) in [4.78, 5) is 24.2. The van der Waals surface area contributed by atoms with Crippen molar-refractivity contribution in [2.75, 3.05) is 7.11 Å². The van der Waals surface area contributed by atoms with Gasteiger partial charge in [-0.25, -0.2) is 13.1 Å². The van der Waals surface area contributed by atoms with E-state index in [1.165, 1.54) is 19.2 Å². The Morgan fingerprint density at radius 3 is 2.36 bits per heavy atom. The van der Waals surface area contributed by atoms with Gasteiger partial charge in [0.05, 0.1) is 12.0 Å². The third-order valence-corrected chi connectivity index (χ3v) is 7.80. The molecule has 2 aromatic rings. The number of rotatable bonds is 9. The molecule has 1 aliphatic carbocycles. The molecule has 3 rings (SSSR count). The van der Waals surface area contributed by atoms with E-state index in [9.17, 15) is 18.0 Å². The fourth-order valence-electron chi connectivity index (χ4n) is 4.41. The van der Waals surface area contributed by atoms with Crippen LogP contribution in [0.2, 0.25) is 5.02 Å². The van der Waals surface area contributed by atoms with Crippen molar-refractivity contribution in [1.82, 2.24) is 4.72 Å². The van der Waals surface area contributed by atoms with Crippen molar-refractivity contribution >= 4 is 33.6 Å². The van der Waals surface area contributed by atoms with Crippen LogP contribution in [-0.2, 0) is 54.8 Å². The molecule has 0 heterocycles. The molecule has 0 fully saturated rings. The molecule has 2 aromatic carbocycles. The van der Waals surface area contributed by atoms with Crippen molar-refractivity contribution in [3.05, 3.63) is 63.7 Å². The van der Waals surface area contributed by atoms with Crippen molar-refractivity contribution in [2.45, 2.75) is 82.3 Å². The first-order valence-corrected chi connectivity index (χ1v) is 13.9. The van der Waals surface area contributed by atoms with Crippen LogP contribution in [0.25, 0.3) is 0 Å². The molecule has 1 aliphatic rings. The molecule has 0 saturated carbocycles. The molecule has 0 radical (unpaired) electrons. The molecule has 0 aliphatic heterocycles. The molecular formula is C27H34ClNO6S. The molecule has 0 aromatic heterocycles. The number of carbonyl (C=O) groups excluding carboxylic acids is 2. The fourth-order valence-corrected chi connectivity index (χ4v) is 5.80. The lowest BCUT2D eigenvalue weighted by atomic mass is 9.83. The molecule has 1 atom stereocenters. The van der Waals surface area contributed by atoms with Gasteiger partial charge in [0.1, 0.15) is 5.60 Å². The van der Waals surface area contributed by atoms with Crippen LogP contribution >= 0.6 is 11.6 Å². The average Bonchev–Trinajstić information content (AvgIpc) is 2.79. The molecular weight excluding hydrogens is 502 g/mol. The van der Waals surface area contributed by atoms with Gasteiger partial charge in [0.15, 0.2) is 0 Å². The number of carbonyl (C=O) groups is 2. The molecule has 1 N–H and O–H groups in total. The number of nitrogens with one attached hydrogen (secondary N) is 1. The Hall–Kier alpha value is -2.42. The van der Waals surface area contributed by atoms with Gasteiger partial charge in [-0.3, -0.25) is 9.59 Å². The molecule has 0 saturated heterocycles. The highest BCUT2D eigenvalue weighted by Crippen LogP contribution is 2.29. The molecule has 196 valence electrons. The second kappa shape index (κ2) is 11.8. The van der Waals surface area contributed by atoms with Crippen LogP contribution in [-0.4, -0.2) is 39.1 Å². The average molecular weight is 536 g/mol. The first-order valence-electron chi connectivity index (χ1n) is 12.1. The van der Waals surface area contributed by atoms with E-state index in [2.05, 4.69) is 4.72 Å². The van der Waals surface area contributed by atoms with Gasteiger partial charge < -0.3 is 9.47 Å². The number of halogens is 1. The Balaban J connectivity index is 1.80. The van der Waals surface area contributed by atoms with Crippen LogP contribution in [0.1, 0.15) is 62.3 Å². The molecule has 9 heteroatoms. The van der Waals surface area contributed by atoms with Gasteiger partial charge >= 0.3 is 11.9 Å². The summed E-state index contributed by atoms with van der Waals surface area (Å²) in [5.74, 6) is -0.558. The first-order chi connectivity index (χ1) is 16.9. The van der Waals surface area contributed by atoms with Crippen molar-refractivity contribution in [3.8, 4) is 0 Å². The summed E-state index contributed by atoms with van der Waals surface area (Å²) in [6.07, 6.45) is 3.36. The number of hydrogen-bond donors (Lipinski definition) is 1. The Labute approximate surface area is 218 Å². The highest BCUT2D eigenvalue weighted by molar-refractivity contribution is 7.89. The summed E-state index contributed by atoms with van der Waals surface area (Å²) < 4.78 is 38.9. The van der Waals surface area contributed by atoms with Gasteiger partial charge in [-0.1, -0.05) is 23.7 Å². The number of ether oxygens (including phenoxy) is 2. The summed E-state index contributed by atoms with van der Waals surface area (Å²) in [7, 11) is -2.33. The third kappa shape index (κ3) is 8.05. The summed E-state index contributed by atoms with van der Waals surface area (Å²) in [5.41, 5.74) is 3.62. The summed E-state index contributed by atoms with van der Waals surface area (Å²) >= 11 is 5.90. The molecule has 0 bridgehead atoms. The zero-order valence-electron chi connectivity index (χ0n) is 21.2. The molecule has 7 nitrogen and oxygen atoms in total. The molecule has 1 unspecified atom stereocenters. The second-order valence-corrected chi connectivity index (χ2v) is 12.2. The fraction of sp³-hybridized carbons (Fsp3) is 0.481. The quantitative estimate of drug-likeness (QED) is 0.473. The van der Waals surface area contributed by atoms with Crippen molar-refractivity contribution in [1.29, 1.82) is 0 Å². The van der Waals surface area contributed by atoms with Crippen LogP contribution < -0.4 is 4.72 Å². The minimum atomic E-state index is -3.69. The van der Waals surface area contributed by atoms with Gasteiger partial charge in [-0.15, -0.1) is 0 Å². The lowest BCUT2D eigenvalue weighted by molar-refractivity contribution is -0.154. The van der Waals surface area contributed by atoms with Crippen LogP contribution in [0.5, 0.6) is 0 Å². The monoisotopic (exact) mass is 535 g/mol. The van der Waals surface area contributed by atoms with E-state index in [1.54, 1.807) is 12.1 Å². The molecule has 0 amide bonds. The Morgan fingerprint density at radius 2 is 1.72 bits per heavy atom. The van der Waals surface area contributed by atoms with E-state index in [1.807, 2.05) is 32.9 Å². The van der Waals surface area contributed by atoms with Crippen LogP contribution in [0.3, 0.4) is 0 Å². The first kappa shape index (κ1) is 28.2. The van der Waals surface area contributed by atoms with E-state index in [-0.39, 0.29) is 35.7 Å². The Bertz CT molecular complexity index is 1200. The lowest BCUT2D eigenvalue weighted by Crippen LogP contribution is -2.39. The summed E-state index contributed by atoms with van der Waals surface area (Å²) in [6.45, 7) is 5.50. The molecule has 36 heavy (non-hydrogen) atoms. The van der Waals surface area contributed by atoms with E-state index in [0.717, 1.165) is 22.3 Å². The number of benzene rings is 2. The topological polar surface area (TPSA) is 98.8 Å². The van der Waals surface area contributed by atoms with E-state index < -0.39 is 15.6 Å². The maximum atomic E-state index is 12.9. The number of hydrogen-bond acceptors (Lipinski definition) is 6. The largest absolute Gasteiger partial charge is 0.469 e. The predicted molar refractivity (Wildman–Crippen MR) is 139 cm³/mol. The zero-order chi connectivity index (χ0) is 26.5. The Morgan fingerprint density at radius 1 is 1.06 bits per heavy atom. The summed E-state index contributed by atoms with van der Waals surface area (Å²) in [5, 5.41) is 0.471. The number of methoxy groups -OCH3 is 1. The number of fused-ring (bicyclic) bond motifs is 1. The maximum Gasteiger partial charge on any atom is 0.306 e. The minimum Gasteiger partial charge on any atom is -0.469 e. The SMILES string of the molecule is COC(=O)CCc1cc(CCC(=O)OC(C)(C)C)cc2c1CCC(NS(=O)(=O)c1ccc(Cl)cc1)C2. The van der Waals surface area contributed by atoms with Gasteiger partial charge in [0, 0.05) is 23.9 Å². The third-order valence-electron chi connectivity index (χ3n) is 6.01. The highest BCUT2D eigenvalue weighted by Gasteiger charge is 2.26. The standard InChI is InChI=1S/C27H34ClNO6S/c1-27(2,3)35-26(31)13-5-18-15-19(6-14-25(30)34-4)24-12-9-22(17-20(24)16-18)29-36(32,33)23-10-7-21(28)8-11-23/h7-8,10-11,15-16,22,29H,5-6,9,12-14,17H2,1-4H3. The summed E-state index contributed by atoms with van der Waals surface area (Å²) in [6, 6.07) is 9.90. The van der Waals surface area contributed by atoms with Crippen molar-refractivity contribution < 1.29 is 27.5 Å².